The molecule has 4 atom stereocenters. The van der Waals surface area contributed by atoms with Gasteiger partial charge in [0.25, 0.3) is 11.8 Å². The number of nitriles is 1. The Morgan fingerprint density at radius 1 is 1.22 bits per heavy atom. The first kappa shape index (κ1) is 14.6. The number of thioether (sulfide) groups is 1. The van der Waals surface area contributed by atoms with Gasteiger partial charge >= 0.3 is 0 Å². The number of nitrogens with zero attached hydrogens (tertiary/aromatic N) is 3. The van der Waals surface area contributed by atoms with Crippen molar-refractivity contribution in [3.63, 3.8) is 0 Å². The molecule has 6 heteroatoms. The van der Waals surface area contributed by atoms with Crippen LogP contribution < -0.4 is 0 Å². The fraction of sp³-hybridized carbons (Fsp3) is 0.471. The molecule has 3 saturated heterocycles. The largest absolute Gasteiger partial charge is 0.320 e. The van der Waals surface area contributed by atoms with Crippen LogP contribution in [0.15, 0.2) is 30.3 Å². The summed E-state index contributed by atoms with van der Waals surface area (Å²) in [4.78, 5) is 27.5. The van der Waals surface area contributed by atoms with E-state index < -0.39 is 21.2 Å². The molecule has 3 fully saturated rings. The van der Waals surface area contributed by atoms with Crippen molar-refractivity contribution in [2.75, 3.05) is 7.05 Å². The second kappa shape index (κ2) is 4.09. The summed E-state index contributed by atoms with van der Waals surface area (Å²) in [6, 6.07) is 11.6. The lowest BCUT2D eigenvalue weighted by molar-refractivity contribution is -0.159. The number of amides is 2. The van der Waals surface area contributed by atoms with Crippen LogP contribution in [0.4, 0.5) is 0 Å². The van der Waals surface area contributed by atoms with Crippen LogP contribution in [0.5, 0.6) is 0 Å². The lowest BCUT2D eigenvalue weighted by Gasteiger charge is -2.40. The van der Waals surface area contributed by atoms with Crippen LogP contribution in [0.25, 0.3) is 0 Å². The van der Waals surface area contributed by atoms with Crippen molar-refractivity contribution in [2.45, 2.75) is 36.1 Å². The van der Waals surface area contributed by atoms with E-state index in [0.29, 0.717) is 6.42 Å². The Morgan fingerprint density at radius 3 is 2.48 bits per heavy atom. The van der Waals surface area contributed by atoms with Crippen molar-refractivity contribution in [2.24, 2.45) is 5.41 Å². The molecule has 1 aromatic rings. The van der Waals surface area contributed by atoms with Crippen molar-refractivity contribution in [1.29, 1.82) is 5.26 Å². The maximum absolute atomic E-state index is 13.1. The number of hydrogen-bond acceptors (Lipinski definition) is 4. The minimum atomic E-state index is -0.939. The number of carbonyl (C=O) groups excluding carboxylic acids is 2. The van der Waals surface area contributed by atoms with Crippen LogP contribution >= 0.6 is 11.8 Å². The predicted molar refractivity (Wildman–Crippen MR) is 85.9 cm³/mol. The number of piperazine rings is 1. The van der Waals surface area contributed by atoms with Gasteiger partial charge < -0.3 is 9.80 Å². The monoisotopic (exact) mass is 327 g/mol. The van der Waals surface area contributed by atoms with Gasteiger partial charge in [0.2, 0.25) is 0 Å². The summed E-state index contributed by atoms with van der Waals surface area (Å²) in [5, 5.41) is 9.82. The van der Waals surface area contributed by atoms with Crippen LogP contribution in [0, 0.1) is 16.7 Å². The summed E-state index contributed by atoms with van der Waals surface area (Å²) >= 11 is 1.39. The highest BCUT2D eigenvalue weighted by atomic mass is 32.2. The van der Waals surface area contributed by atoms with Gasteiger partial charge in [0.15, 0.2) is 9.74 Å². The lowest BCUT2D eigenvalue weighted by Crippen LogP contribution is -2.60. The fourth-order valence-corrected chi connectivity index (χ4v) is 6.22. The molecule has 0 unspecified atom stereocenters. The molecule has 2 bridgehead atoms. The quantitative estimate of drug-likeness (QED) is 0.792. The average molecular weight is 327 g/mol. The van der Waals surface area contributed by atoms with Gasteiger partial charge in [-0.25, -0.2) is 0 Å². The number of likely N-dealkylation sites (N-methyl/N-ethyl adjacent to an activating group) is 1. The summed E-state index contributed by atoms with van der Waals surface area (Å²) in [5.74, 6) is -0.137. The predicted octanol–water partition coefficient (Wildman–Crippen LogP) is 2.12. The van der Waals surface area contributed by atoms with Crippen molar-refractivity contribution >= 4 is 23.6 Å². The van der Waals surface area contributed by atoms with E-state index in [4.69, 9.17) is 0 Å². The smallest absolute Gasteiger partial charge is 0.261 e. The average Bonchev–Trinajstić information content (AvgIpc) is 3.01. The Kier molecular flexibility index (Phi) is 2.60. The van der Waals surface area contributed by atoms with E-state index in [9.17, 15) is 14.9 Å². The zero-order chi connectivity index (χ0) is 16.6. The third-order valence-electron chi connectivity index (χ3n) is 5.49. The topological polar surface area (TPSA) is 64.4 Å². The van der Waals surface area contributed by atoms with Crippen molar-refractivity contribution in [3.05, 3.63) is 35.9 Å². The Balaban J connectivity index is 1.94. The van der Waals surface area contributed by atoms with E-state index in [1.54, 1.807) is 23.8 Å². The second-order valence-electron chi connectivity index (χ2n) is 6.93. The molecule has 0 aromatic heterocycles. The molecule has 3 heterocycles. The van der Waals surface area contributed by atoms with Gasteiger partial charge in [-0.1, -0.05) is 42.1 Å². The molecular formula is C17H17N3O2S. The molecule has 4 rings (SSSR count). The van der Waals surface area contributed by atoms with Gasteiger partial charge in [-0.15, -0.1) is 0 Å². The highest BCUT2D eigenvalue weighted by molar-refractivity contribution is 8.04. The molecule has 118 valence electrons. The van der Waals surface area contributed by atoms with Crippen molar-refractivity contribution < 1.29 is 9.59 Å². The molecule has 0 N–H and O–H groups in total. The zero-order valence-corrected chi connectivity index (χ0v) is 14.1. The molecule has 0 radical (unpaired) electrons. The summed E-state index contributed by atoms with van der Waals surface area (Å²) in [6.45, 7) is 3.66. The van der Waals surface area contributed by atoms with Gasteiger partial charge in [0, 0.05) is 13.5 Å². The minimum Gasteiger partial charge on any atom is -0.320 e. The maximum atomic E-state index is 13.1. The Morgan fingerprint density at radius 2 is 1.87 bits per heavy atom. The van der Waals surface area contributed by atoms with E-state index in [0.717, 1.165) is 5.56 Å². The molecule has 0 aliphatic carbocycles. The van der Waals surface area contributed by atoms with Gasteiger partial charge in [-0.2, -0.15) is 5.26 Å². The van der Waals surface area contributed by atoms with E-state index in [1.807, 2.05) is 37.3 Å². The lowest BCUT2D eigenvalue weighted by atomic mass is 9.79. The molecule has 0 saturated carbocycles. The first-order valence-corrected chi connectivity index (χ1v) is 8.40. The van der Waals surface area contributed by atoms with Gasteiger partial charge in [0.05, 0.1) is 17.5 Å². The second-order valence-corrected chi connectivity index (χ2v) is 8.60. The molecule has 1 aromatic carbocycles. The number of benzene rings is 1. The van der Waals surface area contributed by atoms with E-state index >= 15 is 0 Å². The molecule has 23 heavy (non-hydrogen) atoms. The molecule has 1 spiro atoms. The highest BCUT2D eigenvalue weighted by Crippen LogP contribution is 2.69. The van der Waals surface area contributed by atoms with Crippen molar-refractivity contribution in [1.82, 2.24) is 9.80 Å². The zero-order valence-electron chi connectivity index (χ0n) is 13.2. The van der Waals surface area contributed by atoms with E-state index in [2.05, 4.69) is 6.07 Å². The third-order valence-corrected chi connectivity index (χ3v) is 7.19. The van der Waals surface area contributed by atoms with Gasteiger partial charge in [0.1, 0.15) is 0 Å². The SMILES string of the molecule is CN1C(=O)[C@@]23C[C@](C)(C#N)[C@H](c4ccccc4)N2C(=O)[C@]1(C)S3. The number of hydrogen-bond donors (Lipinski definition) is 0. The van der Waals surface area contributed by atoms with Crippen LogP contribution in [0.3, 0.4) is 0 Å². The van der Waals surface area contributed by atoms with Gasteiger partial charge in [-0.3, -0.25) is 9.59 Å². The first-order valence-electron chi connectivity index (χ1n) is 7.59. The number of carbonyl (C=O) groups is 2. The summed E-state index contributed by atoms with van der Waals surface area (Å²) in [6.07, 6.45) is 0.366. The van der Waals surface area contributed by atoms with E-state index in [-0.39, 0.29) is 11.8 Å². The van der Waals surface area contributed by atoms with Crippen LogP contribution in [0.1, 0.15) is 31.9 Å². The molecule has 5 nitrogen and oxygen atoms in total. The standard InChI is InChI=1S/C17H17N3O2S/c1-15(10-18)9-17-14(22)19(3)16(2,23-17)13(21)20(17)12(15)11-7-5-4-6-8-11/h4-8,12H,9H2,1-3H3/t12-,15+,16-,17-/m0/s1. The number of fused-ring (bicyclic) bond motifs is 1. The van der Waals surface area contributed by atoms with Crippen LogP contribution in [-0.4, -0.2) is 38.4 Å². The summed E-state index contributed by atoms with van der Waals surface area (Å²) < 4.78 is 0. The summed E-state index contributed by atoms with van der Waals surface area (Å²) in [7, 11) is 1.68. The Bertz CT molecular complexity index is 776. The first-order chi connectivity index (χ1) is 10.8. The molecular weight excluding hydrogens is 310 g/mol. The van der Waals surface area contributed by atoms with Crippen LogP contribution in [0.2, 0.25) is 0 Å². The normalized spacial score (nSPS) is 41.4. The molecule has 2 amide bonds. The third kappa shape index (κ3) is 1.44. The van der Waals surface area contributed by atoms with Gasteiger partial charge in [-0.05, 0) is 19.4 Å². The minimum absolute atomic E-state index is 0.0653. The van der Waals surface area contributed by atoms with Crippen molar-refractivity contribution in [3.8, 4) is 6.07 Å². The van der Waals surface area contributed by atoms with E-state index in [1.165, 1.54) is 11.8 Å². The van der Waals surface area contributed by atoms with Crippen LogP contribution in [-0.2, 0) is 9.59 Å². The highest BCUT2D eigenvalue weighted by Gasteiger charge is 2.78. The Labute approximate surface area is 139 Å². The maximum Gasteiger partial charge on any atom is 0.261 e. The Hall–Kier alpha value is -2.00. The fourth-order valence-electron chi connectivity index (χ4n) is 4.28. The summed E-state index contributed by atoms with van der Waals surface area (Å²) in [5.41, 5.74) is 0.126. The molecule has 3 aliphatic heterocycles. The molecule has 3 aliphatic rings. The number of rotatable bonds is 1.